The summed E-state index contributed by atoms with van der Waals surface area (Å²) in [5.74, 6) is 1.87. The Balaban J connectivity index is 2.05. The van der Waals surface area contributed by atoms with E-state index in [2.05, 4.69) is 9.97 Å². The van der Waals surface area contributed by atoms with Gasteiger partial charge in [-0.1, -0.05) is 6.92 Å². The number of nitrogen functional groups attached to an aromatic ring is 1. The normalized spacial score (nSPS) is 16.2. The lowest BCUT2D eigenvalue weighted by Gasteiger charge is -2.25. The quantitative estimate of drug-likeness (QED) is 0.878. The van der Waals surface area contributed by atoms with Crippen molar-refractivity contribution in [3.8, 4) is 17.2 Å². The summed E-state index contributed by atoms with van der Waals surface area (Å²) < 4.78 is 16.2. The molecular weight excluding hydrogens is 334 g/mol. The van der Waals surface area contributed by atoms with Gasteiger partial charge in [-0.3, -0.25) is 4.79 Å². The number of anilines is 1. The van der Waals surface area contributed by atoms with Crippen LogP contribution in [0.15, 0.2) is 12.1 Å². The summed E-state index contributed by atoms with van der Waals surface area (Å²) in [6, 6.07) is 3.77. The van der Waals surface area contributed by atoms with Gasteiger partial charge in [-0.25, -0.2) is 9.97 Å². The van der Waals surface area contributed by atoms with Crippen LogP contribution in [0, 0.1) is 0 Å². The monoisotopic (exact) mass is 357 g/mol. The predicted octanol–water partition coefficient (Wildman–Crippen LogP) is 2.56. The highest BCUT2D eigenvalue weighted by atomic mass is 16.5. The smallest absolute Gasteiger partial charge is 0.220 e. The van der Waals surface area contributed by atoms with Crippen molar-refractivity contribution in [2.45, 2.75) is 32.1 Å². The van der Waals surface area contributed by atoms with Crippen LogP contribution in [0.4, 0.5) is 5.95 Å². The van der Waals surface area contributed by atoms with Crippen molar-refractivity contribution in [1.82, 2.24) is 9.97 Å². The van der Waals surface area contributed by atoms with E-state index in [0.29, 0.717) is 47.8 Å². The second-order valence-electron chi connectivity index (χ2n) is 6.19. The maximum atomic E-state index is 12.8. The summed E-state index contributed by atoms with van der Waals surface area (Å²) in [6.45, 7) is 1.96. The van der Waals surface area contributed by atoms with E-state index in [0.717, 1.165) is 11.3 Å². The van der Waals surface area contributed by atoms with E-state index in [1.54, 1.807) is 21.3 Å². The van der Waals surface area contributed by atoms with Gasteiger partial charge in [-0.05, 0) is 36.5 Å². The lowest BCUT2D eigenvalue weighted by Crippen LogP contribution is -2.23. The van der Waals surface area contributed by atoms with E-state index in [4.69, 9.17) is 19.9 Å². The first-order chi connectivity index (χ1) is 12.5. The molecule has 1 aromatic carbocycles. The molecule has 0 radical (unpaired) electrons. The highest BCUT2D eigenvalue weighted by Crippen LogP contribution is 2.42. The van der Waals surface area contributed by atoms with E-state index >= 15 is 0 Å². The Bertz CT molecular complexity index is 826. The van der Waals surface area contributed by atoms with Crippen molar-refractivity contribution in [2.75, 3.05) is 27.1 Å². The summed E-state index contributed by atoms with van der Waals surface area (Å²) in [5.41, 5.74) is 8.83. The van der Waals surface area contributed by atoms with Gasteiger partial charge >= 0.3 is 0 Å². The van der Waals surface area contributed by atoms with Gasteiger partial charge in [-0.15, -0.1) is 0 Å². The van der Waals surface area contributed by atoms with Crippen LogP contribution >= 0.6 is 0 Å². The van der Waals surface area contributed by atoms with Gasteiger partial charge in [-0.2, -0.15) is 0 Å². The fourth-order valence-electron chi connectivity index (χ4n) is 3.51. The number of benzene rings is 1. The zero-order valence-corrected chi connectivity index (χ0v) is 15.5. The number of Topliss-reactive ketones (excluding diaryl/α,β-unsaturated/α-hetero) is 1. The highest BCUT2D eigenvalue weighted by Gasteiger charge is 2.31. The first kappa shape index (κ1) is 18.0. The number of nitrogens with two attached hydrogens (primary N) is 1. The van der Waals surface area contributed by atoms with Crippen LogP contribution < -0.4 is 19.9 Å². The Morgan fingerprint density at radius 3 is 2.27 bits per heavy atom. The molecule has 3 rings (SSSR count). The number of methoxy groups -OCH3 is 3. The van der Waals surface area contributed by atoms with Crippen molar-refractivity contribution in [2.24, 2.45) is 0 Å². The van der Waals surface area contributed by atoms with Crippen LogP contribution in [0.5, 0.6) is 17.2 Å². The molecule has 2 N–H and O–H groups in total. The van der Waals surface area contributed by atoms with Gasteiger partial charge in [0.1, 0.15) is 0 Å². The average molecular weight is 357 g/mol. The topological polar surface area (TPSA) is 96.6 Å². The number of carbonyl (C=O) groups is 1. The molecule has 0 spiro atoms. The molecule has 1 aromatic heterocycles. The van der Waals surface area contributed by atoms with Gasteiger partial charge in [0, 0.05) is 6.42 Å². The minimum atomic E-state index is -0.0392. The van der Waals surface area contributed by atoms with Crippen molar-refractivity contribution in [3.63, 3.8) is 0 Å². The first-order valence-electron chi connectivity index (χ1n) is 8.50. The number of fused-ring (bicyclic) bond motifs is 1. The molecule has 1 aliphatic carbocycles. The number of aromatic nitrogens is 2. The van der Waals surface area contributed by atoms with Gasteiger partial charge in [0.25, 0.3) is 0 Å². The minimum absolute atomic E-state index is 0.0392. The second-order valence-corrected chi connectivity index (χ2v) is 6.19. The highest BCUT2D eigenvalue weighted by molar-refractivity contribution is 6.00. The Kier molecular flexibility index (Phi) is 4.97. The largest absolute Gasteiger partial charge is 0.493 e. The van der Waals surface area contributed by atoms with Crippen LogP contribution in [-0.4, -0.2) is 37.1 Å². The molecule has 0 aliphatic heterocycles. The number of ether oxygens (including phenoxy) is 3. The number of aryl methyl sites for hydroxylation is 1. The second kappa shape index (κ2) is 7.19. The lowest BCUT2D eigenvalue weighted by molar-refractivity contribution is 0.0961. The first-order valence-corrected chi connectivity index (χ1v) is 8.50. The number of hydrogen-bond acceptors (Lipinski definition) is 7. The van der Waals surface area contributed by atoms with Crippen LogP contribution in [0.3, 0.4) is 0 Å². The van der Waals surface area contributed by atoms with E-state index in [1.807, 2.05) is 19.1 Å². The minimum Gasteiger partial charge on any atom is -0.493 e. The molecule has 0 saturated carbocycles. The van der Waals surface area contributed by atoms with Crippen LogP contribution in [0.2, 0.25) is 0 Å². The van der Waals surface area contributed by atoms with Crippen LogP contribution in [0.1, 0.15) is 46.6 Å². The molecule has 0 saturated heterocycles. The van der Waals surface area contributed by atoms with Gasteiger partial charge in [0.05, 0.1) is 38.3 Å². The molecule has 1 heterocycles. The van der Waals surface area contributed by atoms with E-state index in [9.17, 15) is 4.79 Å². The number of nitrogens with zero attached hydrogens (tertiary/aromatic N) is 2. The third-order valence-corrected chi connectivity index (χ3v) is 4.72. The molecule has 0 amide bonds. The fraction of sp³-hybridized carbons (Fsp3) is 0.421. The van der Waals surface area contributed by atoms with E-state index in [1.165, 1.54) is 0 Å². The zero-order valence-electron chi connectivity index (χ0n) is 15.5. The molecule has 2 aromatic rings. The Labute approximate surface area is 152 Å². The number of ketones is 1. The molecular formula is C19H23N3O4. The Morgan fingerprint density at radius 1 is 1.08 bits per heavy atom. The summed E-state index contributed by atoms with van der Waals surface area (Å²) in [6.07, 6.45) is 1.64. The molecule has 7 heteroatoms. The maximum Gasteiger partial charge on any atom is 0.220 e. The molecule has 26 heavy (non-hydrogen) atoms. The molecule has 0 bridgehead atoms. The van der Waals surface area contributed by atoms with Crippen molar-refractivity contribution >= 4 is 11.7 Å². The van der Waals surface area contributed by atoms with E-state index in [-0.39, 0.29) is 17.6 Å². The third kappa shape index (κ3) is 3.05. The van der Waals surface area contributed by atoms with Gasteiger partial charge in [0.2, 0.25) is 11.7 Å². The Hall–Kier alpha value is -2.83. The SMILES string of the molecule is CCc1nc(N)nc2c1C(=O)C[C@@H](c1cc(OC)c(OC)c(OC)c1)C2. The summed E-state index contributed by atoms with van der Waals surface area (Å²) in [4.78, 5) is 21.3. The summed E-state index contributed by atoms with van der Waals surface area (Å²) in [7, 11) is 4.71. The molecule has 138 valence electrons. The Morgan fingerprint density at radius 2 is 1.73 bits per heavy atom. The molecule has 1 aliphatic rings. The number of carbonyl (C=O) groups excluding carboxylic acids is 1. The van der Waals surface area contributed by atoms with Crippen LogP contribution in [0.25, 0.3) is 0 Å². The van der Waals surface area contributed by atoms with Gasteiger partial charge < -0.3 is 19.9 Å². The van der Waals surface area contributed by atoms with E-state index < -0.39 is 0 Å². The van der Waals surface area contributed by atoms with Crippen molar-refractivity contribution in [3.05, 3.63) is 34.6 Å². The average Bonchev–Trinajstić information content (AvgIpc) is 2.65. The number of hydrogen-bond donors (Lipinski definition) is 1. The predicted molar refractivity (Wildman–Crippen MR) is 97.3 cm³/mol. The summed E-state index contributed by atoms with van der Waals surface area (Å²) >= 11 is 0. The van der Waals surface area contributed by atoms with Crippen molar-refractivity contribution in [1.29, 1.82) is 0 Å². The summed E-state index contributed by atoms with van der Waals surface area (Å²) in [5, 5.41) is 0. The molecule has 1 atom stereocenters. The standard InChI is InChI=1S/C19H23N3O4/c1-5-12-17-13(22-19(20)21-12)6-10(7-14(17)23)11-8-15(24-2)18(26-4)16(9-11)25-3/h8-10H,5-7H2,1-4H3,(H2,20,21,22)/t10-/m0/s1. The molecule has 0 unspecified atom stereocenters. The van der Waals surface area contributed by atoms with Gasteiger partial charge in [0.15, 0.2) is 17.3 Å². The fourth-order valence-corrected chi connectivity index (χ4v) is 3.51. The third-order valence-electron chi connectivity index (χ3n) is 4.72. The molecule has 0 fully saturated rings. The zero-order chi connectivity index (χ0) is 18.8. The maximum absolute atomic E-state index is 12.8. The van der Waals surface area contributed by atoms with Crippen molar-refractivity contribution < 1.29 is 19.0 Å². The lowest BCUT2D eigenvalue weighted by atomic mass is 9.80. The molecule has 7 nitrogen and oxygen atoms in total. The van der Waals surface area contributed by atoms with Crippen LogP contribution in [-0.2, 0) is 12.8 Å². The number of rotatable bonds is 5.